The van der Waals surface area contributed by atoms with E-state index in [-0.39, 0.29) is 24.3 Å². The predicted octanol–water partition coefficient (Wildman–Crippen LogP) is 3.86. The molecule has 0 saturated carbocycles. The molecule has 0 aliphatic carbocycles. The van der Waals surface area contributed by atoms with E-state index >= 15 is 0 Å². The van der Waals surface area contributed by atoms with E-state index in [1.807, 2.05) is 42.5 Å². The molecule has 31 heavy (non-hydrogen) atoms. The predicted molar refractivity (Wildman–Crippen MR) is 118 cm³/mol. The smallest absolute Gasteiger partial charge is 0.235 e. The van der Waals surface area contributed by atoms with Crippen molar-refractivity contribution in [2.45, 2.75) is 32.7 Å². The molecule has 1 N–H and O–H groups in total. The van der Waals surface area contributed by atoms with Gasteiger partial charge in [0.05, 0.1) is 24.2 Å². The van der Waals surface area contributed by atoms with Gasteiger partial charge in [-0.1, -0.05) is 32.0 Å². The second-order valence-electron chi connectivity index (χ2n) is 7.86. The van der Waals surface area contributed by atoms with Crippen molar-refractivity contribution in [1.29, 1.82) is 0 Å². The number of carbonyl (C=O) groups is 1. The van der Waals surface area contributed by atoms with Crippen molar-refractivity contribution in [3.63, 3.8) is 0 Å². The Morgan fingerprint density at radius 1 is 1.06 bits per heavy atom. The lowest BCUT2D eigenvalue weighted by atomic mass is 9.95. The molecule has 7 heteroatoms. The fourth-order valence-electron chi connectivity index (χ4n) is 3.71. The Labute approximate surface area is 181 Å². The van der Waals surface area contributed by atoms with E-state index in [0.717, 1.165) is 28.1 Å². The van der Waals surface area contributed by atoms with Crippen LogP contribution in [0.2, 0.25) is 0 Å². The number of nitrogens with zero attached hydrogens (tertiary/aromatic N) is 2. The molecule has 1 aliphatic heterocycles. The fraction of sp³-hybridized carbons (Fsp3) is 0.375. The third kappa shape index (κ3) is 4.71. The third-order valence-corrected chi connectivity index (χ3v) is 5.30. The van der Waals surface area contributed by atoms with Gasteiger partial charge in [0.2, 0.25) is 11.8 Å². The zero-order valence-electron chi connectivity index (χ0n) is 18.1. The minimum atomic E-state index is -0.132. The summed E-state index contributed by atoms with van der Waals surface area (Å²) in [6, 6.07) is 13.3. The van der Waals surface area contributed by atoms with Gasteiger partial charge in [-0.25, -0.2) is 9.97 Å². The maximum Gasteiger partial charge on any atom is 0.235 e. The van der Waals surface area contributed by atoms with Gasteiger partial charge in [0.15, 0.2) is 11.5 Å². The van der Waals surface area contributed by atoms with Crippen molar-refractivity contribution < 1.29 is 19.0 Å². The lowest BCUT2D eigenvalue weighted by molar-refractivity contribution is -0.122. The minimum absolute atomic E-state index is 0.0504. The summed E-state index contributed by atoms with van der Waals surface area (Å²) >= 11 is 0. The lowest BCUT2D eigenvalue weighted by Gasteiger charge is -2.25. The monoisotopic (exact) mass is 421 g/mol. The van der Waals surface area contributed by atoms with Crippen molar-refractivity contribution in [1.82, 2.24) is 15.3 Å². The summed E-state index contributed by atoms with van der Waals surface area (Å²) in [5.74, 6) is 2.08. The molecule has 1 aromatic heterocycles. The summed E-state index contributed by atoms with van der Waals surface area (Å²) in [7, 11) is 1.57. The zero-order valence-corrected chi connectivity index (χ0v) is 18.1. The molecule has 0 spiro atoms. The number of benzene rings is 2. The first-order chi connectivity index (χ1) is 15.0. The summed E-state index contributed by atoms with van der Waals surface area (Å²) in [6.07, 6.45) is 0.732. The van der Waals surface area contributed by atoms with E-state index < -0.39 is 0 Å². The Morgan fingerprint density at radius 3 is 2.48 bits per heavy atom. The van der Waals surface area contributed by atoms with E-state index in [4.69, 9.17) is 14.2 Å². The van der Waals surface area contributed by atoms with Gasteiger partial charge in [-0.2, -0.15) is 0 Å². The SMILES string of the molecule is COc1nc2ccccc2nc1CCC(=O)NC(c1ccc2c(c1)OCCO2)C(C)C. The number of rotatable bonds is 7. The summed E-state index contributed by atoms with van der Waals surface area (Å²) < 4.78 is 16.7. The Kier molecular flexibility index (Phi) is 6.21. The molecule has 3 aromatic rings. The van der Waals surface area contributed by atoms with Crippen LogP contribution in [0.15, 0.2) is 42.5 Å². The fourth-order valence-corrected chi connectivity index (χ4v) is 3.71. The molecule has 0 bridgehead atoms. The first-order valence-electron chi connectivity index (χ1n) is 10.5. The number of methoxy groups -OCH3 is 1. The number of carbonyl (C=O) groups excluding carboxylic acids is 1. The molecular formula is C24H27N3O4. The largest absolute Gasteiger partial charge is 0.486 e. The van der Waals surface area contributed by atoms with Crippen LogP contribution in [0, 0.1) is 5.92 Å². The number of hydrogen-bond donors (Lipinski definition) is 1. The first-order valence-corrected chi connectivity index (χ1v) is 10.5. The van der Waals surface area contributed by atoms with Crippen molar-refractivity contribution in [2.24, 2.45) is 5.92 Å². The summed E-state index contributed by atoms with van der Waals surface area (Å²) in [4.78, 5) is 21.9. The van der Waals surface area contributed by atoms with Crippen LogP contribution in [0.25, 0.3) is 11.0 Å². The van der Waals surface area contributed by atoms with Crippen LogP contribution in [0.1, 0.15) is 37.6 Å². The first kappa shape index (κ1) is 20.9. The standard InChI is InChI=1S/C24H27N3O4/c1-15(2)23(16-8-10-20-21(14-16)31-13-12-30-20)27-22(28)11-9-19-24(29-3)26-18-7-5-4-6-17(18)25-19/h4-8,10,14-15,23H,9,11-13H2,1-3H3,(H,27,28). The van der Waals surface area contributed by atoms with Crippen molar-refractivity contribution in [2.75, 3.05) is 20.3 Å². The number of hydrogen-bond acceptors (Lipinski definition) is 6. The Bertz CT molecular complexity index is 1080. The van der Waals surface area contributed by atoms with E-state index in [9.17, 15) is 4.79 Å². The summed E-state index contributed by atoms with van der Waals surface area (Å²) in [5.41, 5.74) is 3.23. The molecule has 1 unspecified atom stereocenters. The normalized spacial score (nSPS) is 13.8. The molecule has 4 rings (SSSR count). The highest BCUT2D eigenvalue weighted by atomic mass is 16.6. The molecule has 0 fully saturated rings. The molecule has 7 nitrogen and oxygen atoms in total. The zero-order chi connectivity index (χ0) is 21.8. The Balaban J connectivity index is 1.46. The second kappa shape index (κ2) is 9.20. The average Bonchev–Trinajstić information content (AvgIpc) is 2.80. The summed E-state index contributed by atoms with van der Waals surface area (Å²) in [5, 5.41) is 3.16. The van der Waals surface area contributed by atoms with Crippen LogP contribution in [0.3, 0.4) is 0 Å². The van der Waals surface area contributed by atoms with Crippen molar-refractivity contribution >= 4 is 16.9 Å². The van der Waals surface area contributed by atoms with Gasteiger partial charge in [-0.05, 0) is 35.7 Å². The average molecular weight is 421 g/mol. The maximum absolute atomic E-state index is 12.8. The molecule has 0 radical (unpaired) electrons. The number of aryl methyl sites for hydroxylation is 1. The highest BCUT2D eigenvalue weighted by molar-refractivity contribution is 5.77. The quantitative estimate of drug-likeness (QED) is 0.624. The molecule has 1 atom stereocenters. The van der Waals surface area contributed by atoms with Gasteiger partial charge < -0.3 is 19.5 Å². The van der Waals surface area contributed by atoms with Crippen molar-refractivity contribution in [3.8, 4) is 17.4 Å². The lowest BCUT2D eigenvalue weighted by Crippen LogP contribution is -2.32. The van der Waals surface area contributed by atoms with E-state index in [0.29, 0.717) is 31.2 Å². The number of amides is 1. The molecule has 1 amide bonds. The Hall–Kier alpha value is -3.35. The van der Waals surface area contributed by atoms with Gasteiger partial charge in [-0.15, -0.1) is 0 Å². The summed E-state index contributed by atoms with van der Waals surface area (Å²) in [6.45, 7) is 5.25. The van der Waals surface area contributed by atoms with E-state index in [1.165, 1.54) is 0 Å². The topological polar surface area (TPSA) is 82.6 Å². The van der Waals surface area contributed by atoms with Crippen LogP contribution >= 0.6 is 0 Å². The number of fused-ring (bicyclic) bond motifs is 2. The molecule has 2 aromatic carbocycles. The van der Waals surface area contributed by atoms with Gasteiger partial charge in [0, 0.05) is 12.8 Å². The van der Waals surface area contributed by atoms with Crippen LogP contribution in [-0.2, 0) is 11.2 Å². The molecule has 162 valence electrons. The highest BCUT2D eigenvalue weighted by Gasteiger charge is 2.22. The van der Waals surface area contributed by atoms with Crippen LogP contribution in [0.4, 0.5) is 0 Å². The van der Waals surface area contributed by atoms with Crippen LogP contribution in [0.5, 0.6) is 17.4 Å². The number of para-hydroxylation sites is 2. The molecule has 0 saturated heterocycles. The van der Waals surface area contributed by atoms with E-state index in [2.05, 4.69) is 29.1 Å². The van der Waals surface area contributed by atoms with Gasteiger partial charge in [0.1, 0.15) is 18.9 Å². The third-order valence-electron chi connectivity index (χ3n) is 5.30. The van der Waals surface area contributed by atoms with E-state index in [1.54, 1.807) is 7.11 Å². The number of nitrogens with one attached hydrogen (secondary N) is 1. The number of aromatic nitrogens is 2. The van der Waals surface area contributed by atoms with Crippen molar-refractivity contribution in [3.05, 3.63) is 53.7 Å². The molecular weight excluding hydrogens is 394 g/mol. The van der Waals surface area contributed by atoms with Gasteiger partial charge in [-0.3, -0.25) is 4.79 Å². The number of ether oxygens (including phenoxy) is 3. The molecule has 2 heterocycles. The maximum atomic E-state index is 12.8. The van der Waals surface area contributed by atoms with Gasteiger partial charge >= 0.3 is 0 Å². The molecule has 1 aliphatic rings. The van der Waals surface area contributed by atoms with Crippen LogP contribution in [-0.4, -0.2) is 36.2 Å². The van der Waals surface area contributed by atoms with Crippen LogP contribution < -0.4 is 19.5 Å². The second-order valence-corrected chi connectivity index (χ2v) is 7.86. The van der Waals surface area contributed by atoms with Gasteiger partial charge in [0.25, 0.3) is 0 Å². The Morgan fingerprint density at radius 2 is 1.77 bits per heavy atom. The highest BCUT2D eigenvalue weighted by Crippen LogP contribution is 2.34. The minimum Gasteiger partial charge on any atom is -0.486 e.